The van der Waals surface area contributed by atoms with Gasteiger partial charge in [-0.25, -0.2) is 9.59 Å². The Balaban J connectivity index is 1.92. The molecular formula is C16H24N4O5. The number of nitrogens with one attached hydrogen (secondary N) is 1. The number of alkyl carbamates (subject to hydrolysis) is 1. The van der Waals surface area contributed by atoms with Crippen LogP contribution in [0.5, 0.6) is 0 Å². The standard InChI is InChI=1S/C16H24N4O5/c1-5-9-23-15(22)20-8-6-7-11(20)13-18-12(19-25-13)10-17-14(21)24-16(2,3)4/h5,11H,1,6-10H2,2-4H3,(H,17,21)/t11-/m1/s1. The summed E-state index contributed by atoms with van der Waals surface area (Å²) >= 11 is 0. The highest BCUT2D eigenvalue weighted by molar-refractivity contribution is 5.68. The second-order valence-corrected chi connectivity index (χ2v) is 6.62. The summed E-state index contributed by atoms with van der Waals surface area (Å²) in [6.07, 6.45) is 2.05. The number of nitrogens with zero attached hydrogens (tertiary/aromatic N) is 3. The number of carbonyl (C=O) groups is 2. The molecule has 2 heterocycles. The Morgan fingerprint density at radius 2 is 2.24 bits per heavy atom. The first-order chi connectivity index (χ1) is 11.8. The van der Waals surface area contributed by atoms with Gasteiger partial charge in [0, 0.05) is 6.54 Å². The molecule has 9 nitrogen and oxygen atoms in total. The lowest BCUT2D eigenvalue weighted by atomic mass is 10.2. The van der Waals surface area contributed by atoms with Crippen molar-refractivity contribution in [3.05, 3.63) is 24.4 Å². The number of ether oxygens (including phenoxy) is 2. The maximum atomic E-state index is 12.0. The maximum Gasteiger partial charge on any atom is 0.410 e. The molecule has 1 N–H and O–H groups in total. The van der Waals surface area contributed by atoms with Crippen molar-refractivity contribution < 1.29 is 23.6 Å². The lowest BCUT2D eigenvalue weighted by molar-refractivity contribution is 0.0521. The molecular weight excluding hydrogens is 328 g/mol. The van der Waals surface area contributed by atoms with Crippen molar-refractivity contribution in [3.8, 4) is 0 Å². The van der Waals surface area contributed by atoms with Gasteiger partial charge in [0.2, 0.25) is 5.89 Å². The van der Waals surface area contributed by atoms with Crippen LogP contribution in [0.3, 0.4) is 0 Å². The molecule has 1 saturated heterocycles. The Hall–Kier alpha value is -2.58. The van der Waals surface area contributed by atoms with Gasteiger partial charge >= 0.3 is 12.2 Å². The second kappa shape index (κ2) is 8.00. The fourth-order valence-electron chi connectivity index (χ4n) is 2.40. The van der Waals surface area contributed by atoms with Gasteiger partial charge in [-0.05, 0) is 33.6 Å². The molecule has 1 atom stereocenters. The van der Waals surface area contributed by atoms with Crippen molar-refractivity contribution in [1.29, 1.82) is 0 Å². The summed E-state index contributed by atoms with van der Waals surface area (Å²) in [6.45, 7) is 9.64. The number of rotatable bonds is 5. The normalized spacial score (nSPS) is 17.2. The quantitative estimate of drug-likeness (QED) is 0.811. The molecule has 0 spiro atoms. The van der Waals surface area contributed by atoms with Gasteiger partial charge in [0.25, 0.3) is 0 Å². The van der Waals surface area contributed by atoms with E-state index >= 15 is 0 Å². The van der Waals surface area contributed by atoms with Gasteiger partial charge in [0.05, 0.1) is 6.54 Å². The molecule has 0 aromatic carbocycles. The van der Waals surface area contributed by atoms with Crippen LogP contribution in [0.2, 0.25) is 0 Å². The van der Waals surface area contributed by atoms with Gasteiger partial charge in [-0.1, -0.05) is 17.8 Å². The van der Waals surface area contributed by atoms with E-state index in [1.54, 1.807) is 25.7 Å². The van der Waals surface area contributed by atoms with Crippen molar-refractivity contribution >= 4 is 12.2 Å². The Morgan fingerprint density at radius 1 is 1.48 bits per heavy atom. The molecule has 2 amide bonds. The second-order valence-electron chi connectivity index (χ2n) is 6.62. The molecule has 1 aromatic rings. The molecule has 1 aliphatic heterocycles. The smallest absolute Gasteiger partial charge is 0.410 e. The molecule has 25 heavy (non-hydrogen) atoms. The highest BCUT2D eigenvalue weighted by Gasteiger charge is 2.35. The van der Waals surface area contributed by atoms with E-state index in [2.05, 4.69) is 22.0 Å². The van der Waals surface area contributed by atoms with Crippen LogP contribution in [-0.4, -0.2) is 46.0 Å². The SMILES string of the molecule is C=CCOC(=O)N1CCC[C@@H]1c1nc(CNC(=O)OC(C)(C)C)no1. The van der Waals surface area contributed by atoms with Gasteiger partial charge in [-0.15, -0.1) is 0 Å². The van der Waals surface area contributed by atoms with E-state index in [0.29, 0.717) is 24.7 Å². The summed E-state index contributed by atoms with van der Waals surface area (Å²) in [5, 5.41) is 6.39. The number of hydrogen-bond acceptors (Lipinski definition) is 7. The van der Waals surface area contributed by atoms with Crippen LogP contribution >= 0.6 is 0 Å². The summed E-state index contributed by atoms with van der Waals surface area (Å²) in [7, 11) is 0. The Labute approximate surface area is 146 Å². The van der Waals surface area contributed by atoms with Crippen LogP contribution in [0.25, 0.3) is 0 Å². The molecule has 138 valence electrons. The van der Waals surface area contributed by atoms with Crippen LogP contribution in [0, 0.1) is 0 Å². The van der Waals surface area contributed by atoms with E-state index < -0.39 is 17.8 Å². The van der Waals surface area contributed by atoms with Crippen molar-refractivity contribution in [3.63, 3.8) is 0 Å². The Kier molecular flexibility index (Phi) is 6.00. The summed E-state index contributed by atoms with van der Waals surface area (Å²) < 4.78 is 15.4. The molecule has 2 rings (SSSR count). The highest BCUT2D eigenvalue weighted by atomic mass is 16.6. The highest BCUT2D eigenvalue weighted by Crippen LogP contribution is 2.31. The van der Waals surface area contributed by atoms with Crippen LogP contribution in [-0.2, 0) is 16.0 Å². The minimum atomic E-state index is -0.581. The molecule has 9 heteroatoms. The van der Waals surface area contributed by atoms with Crippen LogP contribution in [0.1, 0.15) is 51.4 Å². The average molecular weight is 352 g/mol. The van der Waals surface area contributed by atoms with E-state index in [4.69, 9.17) is 14.0 Å². The maximum absolute atomic E-state index is 12.0. The molecule has 0 bridgehead atoms. The molecule has 0 unspecified atom stereocenters. The van der Waals surface area contributed by atoms with E-state index in [1.807, 2.05) is 0 Å². The van der Waals surface area contributed by atoms with Crippen molar-refractivity contribution in [1.82, 2.24) is 20.4 Å². The number of hydrogen-bond donors (Lipinski definition) is 1. The summed E-state index contributed by atoms with van der Waals surface area (Å²) in [4.78, 5) is 29.5. The number of carbonyl (C=O) groups excluding carboxylic acids is 2. The first-order valence-electron chi connectivity index (χ1n) is 8.14. The number of likely N-dealkylation sites (tertiary alicyclic amines) is 1. The topological polar surface area (TPSA) is 107 Å². The fourth-order valence-corrected chi connectivity index (χ4v) is 2.40. The lowest BCUT2D eigenvalue weighted by Crippen LogP contribution is -2.32. The van der Waals surface area contributed by atoms with Gasteiger partial charge in [0.15, 0.2) is 5.82 Å². The summed E-state index contributed by atoms with van der Waals surface area (Å²) in [5.74, 6) is 0.640. The average Bonchev–Trinajstić information content (AvgIpc) is 3.17. The van der Waals surface area contributed by atoms with Crippen LogP contribution < -0.4 is 5.32 Å². The van der Waals surface area contributed by atoms with E-state index in [-0.39, 0.29) is 19.2 Å². The monoisotopic (exact) mass is 352 g/mol. The third-order valence-corrected chi connectivity index (χ3v) is 3.37. The number of amides is 2. The predicted molar refractivity (Wildman–Crippen MR) is 87.6 cm³/mol. The van der Waals surface area contributed by atoms with E-state index in [1.165, 1.54) is 6.08 Å². The molecule has 1 aromatic heterocycles. The van der Waals surface area contributed by atoms with E-state index in [0.717, 1.165) is 6.42 Å². The van der Waals surface area contributed by atoms with Crippen molar-refractivity contribution in [2.75, 3.05) is 13.2 Å². The van der Waals surface area contributed by atoms with Crippen molar-refractivity contribution in [2.24, 2.45) is 0 Å². The van der Waals surface area contributed by atoms with Gasteiger partial charge in [0.1, 0.15) is 18.2 Å². The first kappa shape index (κ1) is 18.8. The zero-order chi connectivity index (χ0) is 18.4. The zero-order valence-electron chi connectivity index (χ0n) is 14.8. The molecule has 0 saturated carbocycles. The third-order valence-electron chi connectivity index (χ3n) is 3.37. The number of aromatic nitrogens is 2. The summed E-state index contributed by atoms with van der Waals surface area (Å²) in [5.41, 5.74) is -0.581. The fraction of sp³-hybridized carbons (Fsp3) is 0.625. The third kappa shape index (κ3) is 5.47. The zero-order valence-corrected chi connectivity index (χ0v) is 14.8. The van der Waals surface area contributed by atoms with Gasteiger partial charge in [-0.3, -0.25) is 4.90 Å². The molecule has 1 aliphatic rings. The van der Waals surface area contributed by atoms with Gasteiger partial charge in [-0.2, -0.15) is 4.98 Å². The first-order valence-corrected chi connectivity index (χ1v) is 8.14. The van der Waals surface area contributed by atoms with Crippen molar-refractivity contribution in [2.45, 2.75) is 51.8 Å². The summed E-state index contributed by atoms with van der Waals surface area (Å²) in [6, 6.07) is -0.319. The predicted octanol–water partition coefficient (Wildman–Crippen LogP) is 2.55. The minimum absolute atomic E-state index is 0.0754. The Bertz CT molecular complexity index is 622. The minimum Gasteiger partial charge on any atom is -0.445 e. The molecule has 0 radical (unpaired) electrons. The largest absolute Gasteiger partial charge is 0.445 e. The molecule has 1 fully saturated rings. The van der Waals surface area contributed by atoms with E-state index in [9.17, 15) is 9.59 Å². The van der Waals surface area contributed by atoms with Crippen LogP contribution in [0.15, 0.2) is 17.2 Å². The van der Waals surface area contributed by atoms with Crippen LogP contribution in [0.4, 0.5) is 9.59 Å². The lowest BCUT2D eigenvalue weighted by Gasteiger charge is -2.20. The Morgan fingerprint density at radius 3 is 2.92 bits per heavy atom. The van der Waals surface area contributed by atoms with Gasteiger partial charge < -0.3 is 19.3 Å². The molecule has 0 aliphatic carbocycles.